The molecule has 0 bridgehead atoms. The van der Waals surface area contributed by atoms with Gasteiger partial charge in [-0.25, -0.2) is 9.78 Å². The maximum Gasteiger partial charge on any atom is 0.328 e. The molecule has 0 unspecified atom stereocenters. The molecule has 164 valence electrons. The van der Waals surface area contributed by atoms with Crippen molar-refractivity contribution >= 4 is 34.1 Å². The lowest BCUT2D eigenvalue weighted by Crippen LogP contribution is -2.43. The molecule has 2 aromatic carbocycles. The highest BCUT2D eigenvalue weighted by Gasteiger charge is 2.23. The van der Waals surface area contributed by atoms with Gasteiger partial charge < -0.3 is 19.8 Å². The summed E-state index contributed by atoms with van der Waals surface area (Å²) in [6, 6.07) is 14.6. The summed E-state index contributed by atoms with van der Waals surface area (Å²) in [5.74, 6) is 0.00149. The van der Waals surface area contributed by atoms with E-state index in [1.165, 1.54) is 18.4 Å². The number of carbonyl (C=O) groups excluding carboxylic acids is 2. The van der Waals surface area contributed by atoms with Gasteiger partial charge in [0.05, 0.1) is 26.3 Å². The van der Waals surface area contributed by atoms with Crippen molar-refractivity contribution in [3.63, 3.8) is 0 Å². The lowest BCUT2D eigenvalue weighted by atomic mass is 10.0. The summed E-state index contributed by atoms with van der Waals surface area (Å²) in [6.45, 7) is 0. The summed E-state index contributed by atoms with van der Waals surface area (Å²) >= 11 is 1.47. The Morgan fingerprint density at radius 2 is 1.91 bits per heavy atom. The van der Waals surface area contributed by atoms with Gasteiger partial charge in [0, 0.05) is 34.5 Å². The molecule has 2 aromatic heterocycles. The van der Waals surface area contributed by atoms with Crippen LogP contribution in [0.3, 0.4) is 0 Å². The van der Waals surface area contributed by atoms with Gasteiger partial charge in [-0.1, -0.05) is 18.2 Å². The Morgan fingerprint density at radius 3 is 2.66 bits per heavy atom. The first-order valence-electron chi connectivity index (χ1n) is 10.1. The van der Waals surface area contributed by atoms with Gasteiger partial charge in [0.2, 0.25) is 5.91 Å². The van der Waals surface area contributed by atoms with E-state index in [2.05, 4.69) is 15.3 Å². The molecule has 0 saturated heterocycles. The average Bonchev–Trinajstić information content (AvgIpc) is 3.45. The normalized spacial score (nSPS) is 11.8. The summed E-state index contributed by atoms with van der Waals surface area (Å²) in [6.07, 6.45) is 2.26. The zero-order valence-electron chi connectivity index (χ0n) is 17.8. The number of nitrogens with zero attached hydrogens (tertiary/aromatic N) is 1. The summed E-state index contributed by atoms with van der Waals surface area (Å²) < 4.78 is 10.1. The molecule has 0 saturated carbocycles. The van der Waals surface area contributed by atoms with Crippen LogP contribution >= 0.6 is 11.3 Å². The molecule has 4 aromatic rings. The third-order valence-corrected chi connectivity index (χ3v) is 6.09. The van der Waals surface area contributed by atoms with Crippen molar-refractivity contribution in [1.82, 2.24) is 15.3 Å². The van der Waals surface area contributed by atoms with Crippen LogP contribution in [0.1, 0.15) is 11.3 Å². The number of H-pyrrole nitrogens is 1. The lowest BCUT2D eigenvalue weighted by Gasteiger charge is -2.16. The van der Waals surface area contributed by atoms with Gasteiger partial charge in [0.15, 0.2) is 0 Å². The molecule has 0 fully saturated rings. The van der Waals surface area contributed by atoms with Crippen molar-refractivity contribution in [3.05, 3.63) is 71.4 Å². The van der Waals surface area contributed by atoms with Crippen molar-refractivity contribution in [2.75, 3.05) is 14.2 Å². The first kappa shape index (κ1) is 21.6. The Morgan fingerprint density at radius 1 is 1.12 bits per heavy atom. The smallest absolute Gasteiger partial charge is 0.328 e. The molecule has 7 nitrogen and oxygen atoms in total. The number of esters is 1. The van der Waals surface area contributed by atoms with Gasteiger partial charge in [0.25, 0.3) is 0 Å². The van der Waals surface area contributed by atoms with E-state index in [0.717, 1.165) is 32.8 Å². The maximum absolute atomic E-state index is 12.7. The van der Waals surface area contributed by atoms with E-state index in [4.69, 9.17) is 9.47 Å². The first-order valence-corrected chi connectivity index (χ1v) is 11.0. The minimum absolute atomic E-state index is 0.0774. The number of thiazole rings is 1. The van der Waals surface area contributed by atoms with Gasteiger partial charge in [-0.05, 0) is 35.9 Å². The van der Waals surface area contributed by atoms with Crippen molar-refractivity contribution in [1.29, 1.82) is 0 Å². The van der Waals surface area contributed by atoms with Gasteiger partial charge >= 0.3 is 5.97 Å². The van der Waals surface area contributed by atoms with Crippen LogP contribution in [0.4, 0.5) is 0 Å². The Kier molecular flexibility index (Phi) is 6.51. The topological polar surface area (TPSA) is 93.3 Å². The second-order valence-electron chi connectivity index (χ2n) is 7.26. The van der Waals surface area contributed by atoms with E-state index in [1.807, 2.05) is 60.1 Å². The molecule has 0 aliphatic heterocycles. The number of benzene rings is 2. The van der Waals surface area contributed by atoms with E-state index in [-0.39, 0.29) is 12.3 Å². The number of nitrogens with one attached hydrogen (secondary N) is 2. The van der Waals surface area contributed by atoms with Crippen molar-refractivity contribution in [3.8, 4) is 16.3 Å². The maximum atomic E-state index is 12.7. The zero-order chi connectivity index (χ0) is 22.5. The van der Waals surface area contributed by atoms with Crippen LogP contribution in [0.5, 0.6) is 5.75 Å². The molecular weight excluding hydrogens is 426 g/mol. The quantitative estimate of drug-likeness (QED) is 0.400. The number of methoxy groups -OCH3 is 2. The van der Waals surface area contributed by atoms with E-state index in [1.54, 1.807) is 7.11 Å². The van der Waals surface area contributed by atoms with E-state index in [9.17, 15) is 9.59 Å². The lowest BCUT2D eigenvalue weighted by molar-refractivity contribution is -0.145. The highest BCUT2D eigenvalue weighted by Crippen LogP contribution is 2.26. The minimum atomic E-state index is -0.786. The van der Waals surface area contributed by atoms with Crippen LogP contribution in [0.2, 0.25) is 0 Å². The van der Waals surface area contributed by atoms with E-state index in [0.29, 0.717) is 12.1 Å². The summed E-state index contributed by atoms with van der Waals surface area (Å²) in [5.41, 5.74) is 3.51. The van der Waals surface area contributed by atoms with Crippen LogP contribution in [0.25, 0.3) is 21.5 Å². The fraction of sp³-hybridized carbons (Fsp3) is 0.208. The molecule has 0 aliphatic carbocycles. The largest absolute Gasteiger partial charge is 0.497 e. The summed E-state index contributed by atoms with van der Waals surface area (Å²) in [4.78, 5) is 32.8. The highest BCUT2D eigenvalue weighted by molar-refractivity contribution is 7.13. The average molecular weight is 450 g/mol. The van der Waals surface area contributed by atoms with Crippen molar-refractivity contribution in [2.45, 2.75) is 18.9 Å². The number of rotatable bonds is 8. The summed E-state index contributed by atoms with van der Waals surface area (Å²) in [5, 5.41) is 6.49. The Bertz CT molecular complexity index is 1230. The summed E-state index contributed by atoms with van der Waals surface area (Å²) in [7, 11) is 2.94. The molecule has 4 rings (SSSR count). The van der Waals surface area contributed by atoms with Gasteiger partial charge in [-0.15, -0.1) is 11.3 Å². The highest BCUT2D eigenvalue weighted by atomic mass is 32.1. The number of aromatic nitrogens is 2. The number of fused-ring (bicyclic) bond motifs is 1. The van der Waals surface area contributed by atoms with Crippen LogP contribution < -0.4 is 10.1 Å². The Hall–Kier alpha value is -3.65. The SMILES string of the molecule is COC(=O)[C@H](Cc1c[nH]c2ccccc12)NC(=O)Cc1csc(-c2ccc(OC)cc2)n1. The van der Waals surface area contributed by atoms with Crippen LogP contribution in [-0.4, -0.2) is 42.1 Å². The minimum Gasteiger partial charge on any atom is -0.497 e. The number of aromatic amines is 1. The molecular formula is C24H23N3O4S. The van der Waals surface area contributed by atoms with Crippen LogP contribution in [0.15, 0.2) is 60.1 Å². The van der Waals surface area contributed by atoms with Crippen molar-refractivity contribution in [2.24, 2.45) is 0 Å². The van der Waals surface area contributed by atoms with Crippen LogP contribution in [0, 0.1) is 0 Å². The number of para-hydroxylation sites is 1. The third-order valence-electron chi connectivity index (χ3n) is 5.15. The van der Waals surface area contributed by atoms with Gasteiger partial charge in [-0.2, -0.15) is 0 Å². The van der Waals surface area contributed by atoms with Gasteiger partial charge in [0.1, 0.15) is 16.8 Å². The molecule has 32 heavy (non-hydrogen) atoms. The Labute approximate surface area is 189 Å². The number of ether oxygens (including phenoxy) is 2. The number of carbonyl (C=O) groups is 2. The van der Waals surface area contributed by atoms with Crippen LogP contribution in [-0.2, 0) is 27.2 Å². The zero-order valence-corrected chi connectivity index (χ0v) is 18.6. The predicted octanol–water partition coefficient (Wildman–Crippen LogP) is 3.74. The molecule has 0 aliphatic rings. The number of hydrogen-bond acceptors (Lipinski definition) is 6. The molecule has 2 heterocycles. The second-order valence-corrected chi connectivity index (χ2v) is 8.11. The molecule has 1 atom stereocenters. The molecule has 1 amide bonds. The molecule has 0 spiro atoms. The standard InChI is InChI=1S/C24H23N3O4S/c1-30-18-9-7-15(8-10-18)23-26-17(14-32-23)12-22(28)27-21(24(29)31-2)11-16-13-25-20-6-4-3-5-19(16)20/h3-10,13-14,21,25H,11-12H2,1-2H3,(H,27,28)/t21-/m0/s1. The molecule has 2 N–H and O–H groups in total. The van der Waals surface area contributed by atoms with E-state index < -0.39 is 12.0 Å². The third kappa shape index (κ3) is 4.81. The monoisotopic (exact) mass is 449 g/mol. The van der Waals surface area contributed by atoms with E-state index >= 15 is 0 Å². The Balaban J connectivity index is 1.43. The predicted molar refractivity (Wildman–Crippen MR) is 124 cm³/mol. The first-order chi connectivity index (χ1) is 15.6. The molecule has 8 heteroatoms. The fourth-order valence-electron chi connectivity index (χ4n) is 3.52. The second kappa shape index (κ2) is 9.65. The van der Waals surface area contributed by atoms with Crippen molar-refractivity contribution < 1.29 is 19.1 Å². The van der Waals surface area contributed by atoms with Gasteiger partial charge in [-0.3, -0.25) is 4.79 Å². The fourth-order valence-corrected chi connectivity index (χ4v) is 4.35. The molecule has 0 radical (unpaired) electrons. The number of amides is 1. The number of hydrogen-bond donors (Lipinski definition) is 2.